The van der Waals surface area contributed by atoms with E-state index in [1.165, 1.54) is 11.1 Å². The predicted molar refractivity (Wildman–Crippen MR) is 169 cm³/mol. The molecule has 2 aromatic heterocycles. The summed E-state index contributed by atoms with van der Waals surface area (Å²) in [6, 6.07) is 30.5. The van der Waals surface area contributed by atoms with E-state index in [4.69, 9.17) is 4.74 Å². The first-order valence-electron chi connectivity index (χ1n) is 14.7. The average molecular weight is 560 g/mol. The minimum Gasteiger partial charge on any atom is -0.495 e. The van der Waals surface area contributed by atoms with E-state index >= 15 is 0 Å². The molecule has 42 heavy (non-hydrogen) atoms. The fraction of sp³-hybridized carbons (Fsp3) is 0.257. The molecule has 0 spiro atoms. The SMILES string of the molecule is COc1cc(-c2ccccc2)ccc1N1CCN(CCCCNC(=O)c2ccc(-c3cn4ccccc4n3)cc2)CC1. The molecule has 6 rings (SSSR count). The second-order valence-electron chi connectivity index (χ2n) is 10.7. The lowest BCUT2D eigenvalue weighted by molar-refractivity contribution is 0.0952. The second kappa shape index (κ2) is 12.9. The van der Waals surface area contributed by atoms with Crippen molar-refractivity contribution in [3.05, 3.63) is 109 Å². The third kappa shape index (κ3) is 6.31. The highest BCUT2D eigenvalue weighted by Crippen LogP contribution is 2.34. The molecule has 0 unspecified atom stereocenters. The molecule has 1 amide bonds. The molecule has 1 aliphatic rings. The summed E-state index contributed by atoms with van der Waals surface area (Å²) in [5.41, 5.74) is 7.00. The van der Waals surface area contributed by atoms with Crippen LogP contribution in [0.2, 0.25) is 0 Å². The number of rotatable bonds is 10. The van der Waals surface area contributed by atoms with Gasteiger partial charge in [-0.25, -0.2) is 4.98 Å². The summed E-state index contributed by atoms with van der Waals surface area (Å²) < 4.78 is 7.77. The number of pyridine rings is 1. The number of hydrogen-bond donors (Lipinski definition) is 1. The zero-order valence-corrected chi connectivity index (χ0v) is 24.1. The number of benzene rings is 3. The molecule has 1 N–H and O–H groups in total. The first kappa shape index (κ1) is 27.5. The van der Waals surface area contributed by atoms with Gasteiger partial charge in [-0.1, -0.05) is 54.6 Å². The van der Waals surface area contributed by atoms with Crippen molar-refractivity contribution in [1.82, 2.24) is 19.6 Å². The van der Waals surface area contributed by atoms with Crippen molar-refractivity contribution in [1.29, 1.82) is 0 Å². The number of unbranched alkanes of at least 4 members (excludes halogenated alkanes) is 1. The van der Waals surface area contributed by atoms with Gasteiger partial charge in [-0.3, -0.25) is 9.69 Å². The molecule has 0 radical (unpaired) electrons. The molecule has 1 aliphatic heterocycles. The van der Waals surface area contributed by atoms with Crippen LogP contribution in [0, 0.1) is 0 Å². The number of carbonyl (C=O) groups is 1. The Hall–Kier alpha value is -4.62. The summed E-state index contributed by atoms with van der Waals surface area (Å²) in [7, 11) is 1.75. The number of nitrogens with one attached hydrogen (secondary N) is 1. The standard InChI is InChI=1S/C35H37N5O2/c1-42-33-25-30(27-9-3-2-4-10-27)16-17-32(33)39-23-21-38(22-24-39)19-8-6-18-36-35(41)29-14-12-28(13-15-29)31-26-40-20-7-5-11-34(40)37-31/h2-5,7,9-17,20,25-26H,6,8,18-19,21-24H2,1H3,(H,36,41). The molecule has 3 heterocycles. The summed E-state index contributed by atoms with van der Waals surface area (Å²) >= 11 is 0. The first-order chi connectivity index (χ1) is 20.7. The van der Waals surface area contributed by atoms with E-state index in [1.54, 1.807) is 7.11 Å². The maximum Gasteiger partial charge on any atom is 0.251 e. The summed E-state index contributed by atoms with van der Waals surface area (Å²) in [5, 5.41) is 3.08. The summed E-state index contributed by atoms with van der Waals surface area (Å²) in [4.78, 5) is 22.3. The minimum absolute atomic E-state index is 0.0302. The molecule has 1 saturated heterocycles. The molecule has 214 valence electrons. The Morgan fingerprint density at radius 2 is 1.60 bits per heavy atom. The smallest absolute Gasteiger partial charge is 0.251 e. The fourth-order valence-electron chi connectivity index (χ4n) is 5.59. The van der Waals surface area contributed by atoms with Crippen molar-refractivity contribution in [2.45, 2.75) is 12.8 Å². The van der Waals surface area contributed by atoms with Crippen LogP contribution in [0.5, 0.6) is 5.75 Å². The number of anilines is 1. The van der Waals surface area contributed by atoms with Gasteiger partial charge in [-0.15, -0.1) is 0 Å². The zero-order chi connectivity index (χ0) is 28.7. The lowest BCUT2D eigenvalue weighted by Gasteiger charge is -2.36. The average Bonchev–Trinajstić information content (AvgIpc) is 3.50. The van der Waals surface area contributed by atoms with E-state index in [0.717, 1.165) is 73.9 Å². The van der Waals surface area contributed by atoms with Crippen LogP contribution in [0.25, 0.3) is 28.0 Å². The Morgan fingerprint density at radius 3 is 2.36 bits per heavy atom. The van der Waals surface area contributed by atoms with Crippen molar-refractivity contribution < 1.29 is 9.53 Å². The van der Waals surface area contributed by atoms with Crippen molar-refractivity contribution in [3.63, 3.8) is 0 Å². The normalized spacial score (nSPS) is 13.8. The Morgan fingerprint density at radius 1 is 0.833 bits per heavy atom. The number of imidazole rings is 1. The number of ether oxygens (including phenoxy) is 1. The quantitative estimate of drug-likeness (QED) is 0.213. The van der Waals surface area contributed by atoms with Crippen LogP contribution in [0.4, 0.5) is 5.69 Å². The molecule has 7 heteroatoms. The maximum atomic E-state index is 12.7. The van der Waals surface area contributed by atoms with Crippen LogP contribution in [-0.4, -0.2) is 66.6 Å². The number of fused-ring (bicyclic) bond motifs is 1. The highest BCUT2D eigenvalue weighted by molar-refractivity contribution is 5.94. The van der Waals surface area contributed by atoms with Crippen molar-refractivity contribution in [2.24, 2.45) is 0 Å². The first-order valence-corrected chi connectivity index (χ1v) is 14.7. The van der Waals surface area contributed by atoms with E-state index in [9.17, 15) is 4.79 Å². The third-order valence-electron chi connectivity index (χ3n) is 7.99. The molecule has 7 nitrogen and oxygen atoms in total. The van der Waals surface area contributed by atoms with Gasteiger partial charge in [0.2, 0.25) is 0 Å². The van der Waals surface area contributed by atoms with Gasteiger partial charge >= 0.3 is 0 Å². The molecular formula is C35H37N5O2. The van der Waals surface area contributed by atoms with Gasteiger partial charge in [-0.2, -0.15) is 0 Å². The van der Waals surface area contributed by atoms with Crippen LogP contribution in [-0.2, 0) is 0 Å². The van der Waals surface area contributed by atoms with Crippen LogP contribution in [0.3, 0.4) is 0 Å². The van der Waals surface area contributed by atoms with Gasteiger partial charge in [0.25, 0.3) is 5.91 Å². The lowest BCUT2D eigenvalue weighted by atomic mass is 10.0. The molecule has 5 aromatic rings. The lowest BCUT2D eigenvalue weighted by Crippen LogP contribution is -2.46. The molecule has 3 aromatic carbocycles. The van der Waals surface area contributed by atoms with E-state index in [1.807, 2.05) is 65.3 Å². The summed E-state index contributed by atoms with van der Waals surface area (Å²) in [6.45, 7) is 5.72. The molecule has 0 bridgehead atoms. The monoisotopic (exact) mass is 559 g/mol. The zero-order valence-electron chi connectivity index (χ0n) is 24.1. The van der Waals surface area contributed by atoms with Crippen LogP contribution >= 0.6 is 0 Å². The number of aromatic nitrogens is 2. The van der Waals surface area contributed by atoms with Gasteiger partial charge in [0.05, 0.1) is 18.5 Å². The fourth-order valence-corrected chi connectivity index (χ4v) is 5.59. The number of methoxy groups -OCH3 is 1. The third-order valence-corrected chi connectivity index (χ3v) is 7.99. The number of carbonyl (C=O) groups excluding carboxylic acids is 1. The largest absolute Gasteiger partial charge is 0.495 e. The minimum atomic E-state index is -0.0302. The molecule has 0 saturated carbocycles. The van der Waals surface area contributed by atoms with Gasteiger partial charge < -0.3 is 19.4 Å². The van der Waals surface area contributed by atoms with Gasteiger partial charge in [0, 0.05) is 56.2 Å². The number of nitrogens with zero attached hydrogens (tertiary/aromatic N) is 4. The molecule has 0 atom stereocenters. The maximum absolute atomic E-state index is 12.7. The summed E-state index contributed by atoms with van der Waals surface area (Å²) in [6.07, 6.45) is 6.00. The molecular weight excluding hydrogens is 522 g/mol. The van der Waals surface area contributed by atoms with Crippen LogP contribution in [0.1, 0.15) is 23.2 Å². The van der Waals surface area contributed by atoms with Gasteiger partial charge in [0.1, 0.15) is 11.4 Å². The van der Waals surface area contributed by atoms with E-state index in [-0.39, 0.29) is 5.91 Å². The highest BCUT2D eigenvalue weighted by Gasteiger charge is 2.20. The van der Waals surface area contributed by atoms with Crippen molar-refractivity contribution in [3.8, 4) is 28.1 Å². The highest BCUT2D eigenvalue weighted by atomic mass is 16.5. The predicted octanol–water partition coefficient (Wildman–Crippen LogP) is 6.01. The number of hydrogen-bond acceptors (Lipinski definition) is 5. The van der Waals surface area contributed by atoms with E-state index < -0.39 is 0 Å². The van der Waals surface area contributed by atoms with Crippen molar-refractivity contribution >= 4 is 17.2 Å². The van der Waals surface area contributed by atoms with Gasteiger partial charge in [-0.05, 0) is 66.9 Å². The van der Waals surface area contributed by atoms with E-state index in [2.05, 4.69) is 62.6 Å². The Balaban J connectivity index is 0.921. The second-order valence-corrected chi connectivity index (χ2v) is 10.7. The van der Waals surface area contributed by atoms with Crippen LogP contribution in [0.15, 0.2) is 103 Å². The Bertz CT molecular complexity index is 1590. The number of amides is 1. The molecule has 1 fully saturated rings. The van der Waals surface area contributed by atoms with Crippen molar-refractivity contribution in [2.75, 3.05) is 51.3 Å². The summed E-state index contributed by atoms with van der Waals surface area (Å²) in [5.74, 6) is 0.891. The van der Waals surface area contributed by atoms with E-state index in [0.29, 0.717) is 12.1 Å². The van der Waals surface area contributed by atoms with Crippen LogP contribution < -0.4 is 15.0 Å². The topological polar surface area (TPSA) is 62.1 Å². The molecule has 0 aliphatic carbocycles. The Labute approximate surface area is 247 Å². The van der Waals surface area contributed by atoms with Gasteiger partial charge in [0.15, 0.2) is 0 Å². The Kier molecular flexibility index (Phi) is 8.47. The number of piperazine rings is 1.